The van der Waals surface area contributed by atoms with Crippen LogP contribution in [0.1, 0.15) is 5.56 Å². The number of nitrogens with one attached hydrogen (secondary N) is 1. The van der Waals surface area contributed by atoms with Gasteiger partial charge in [0.15, 0.2) is 0 Å². The van der Waals surface area contributed by atoms with Gasteiger partial charge >= 0.3 is 5.97 Å². The van der Waals surface area contributed by atoms with E-state index in [0.29, 0.717) is 0 Å². The number of aryl methyl sites for hydroxylation is 1. The number of hydrogen-bond acceptors (Lipinski definition) is 6. The molecule has 0 aliphatic rings. The van der Waals surface area contributed by atoms with Crippen LogP contribution in [-0.2, 0) is 14.8 Å². The van der Waals surface area contributed by atoms with E-state index < -0.39 is 33.6 Å². The molecule has 9 nitrogen and oxygen atoms in total. The van der Waals surface area contributed by atoms with E-state index >= 15 is 0 Å². The molecule has 0 saturated carbocycles. The van der Waals surface area contributed by atoms with E-state index in [-0.39, 0.29) is 16.1 Å². The molecule has 0 spiro atoms. The third-order valence-electron chi connectivity index (χ3n) is 2.44. The van der Waals surface area contributed by atoms with Gasteiger partial charge in [-0.3, -0.25) is 14.9 Å². The van der Waals surface area contributed by atoms with Crippen molar-refractivity contribution in [2.75, 3.05) is 6.61 Å². The number of carboxylic acid groups (broad SMARTS) is 1. The number of carboxylic acids is 1. The maximum Gasteiger partial charge on any atom is 0.324 e. The molecule has 1 aromatic carbocycles. The topological polar surface area (TPSA) is 147 Å². The molecule has 0 aliphatic carbocycles. The second kappa shape index (κ2) is 5.94. The van der Waals surface area contributed by atoms with Crippen LogP contribution in [0.3, 0.4) is 0 Å². The maximum absolute atomic E-state index is 12.0. The lowest BCUT2D eigenvalue weighted by atomic mass is 10.2. The molecule has 0 bridgehead atoms. The number of nitro benzene ring substituents is 1. The van der Waals surface area contributed by atoms with E-state index in [1.807, 2.05) is 0 Å². The van der Waals surface area contributed by atoms with Crippen LogP contribution in [0.2, 0.25) is 0 Å². The molecule has 10 heteroatoms. The van der Waals surface area contributed by atoms with Gasteiger partial charge in [0.25, 0.3) is 5.69 Å². The third-order valence-corrected chi connectivity index (χ3v) is 4.07. The van der Waals surface area contributed by atoms with Crippen molar-refractivity contribution < 1.29 is 28.3 Å². The average Bonchev–Trinajstić information content (AvgIpc) is 2.35. The van der Waals surface area contributed by atoms with Gasteiger partial charge in [-0.25, -0.2) is 8.42 Å². The summed E-state index contributed by atoms with van der Waals surface area (Å²) in [5.41, 5.74) is -0.188. The van der Waals surface area contributed by atoms with Crippen molar-refractivity contribution in [3.05, 3.63) is 33.9 Å². The van der Waals surface area contributed by atoms with Crippen LogP contribution in [-0.4, -0.2) is 42.2 Å². The first-order valence-electron chi connectivity index (χ1n) is 5.30. The van der Waals surface area contributed by atoms with Crippen molar-refractivity contribution in [3.8, 4) is 0 Å². The minimum Gasteiger partial charge on any atom is -0.480 e. The highest BCUT2D eigenvalue weighted by molar-refractivity contribution is 7.89. The summed E-state index contributed by atoms with van der Waals surface area (Å²) in [6.45, 7) is 0.427. The predicted octanol–water partition coefficient (Wildman–Crippen LogP) is -0.373. The summed E-state index contributed by atoms with van der Waals surface area (Å²) in [5, 5.41) is 28.0. The number of carbonyl (C=O) groups is 1. The zero-order chi connectivity index (χ0) is 15.5. The van der Waals surface area contributed by atoms with Crippen molar-refractivity contribution >= 4 is 21.7 Å². The fraction of sp³-hybridized carbons (Fsp3) is 0.300. The number of aliphatic hydroxyl groups excluding tert-OH is 1. The molecule has 1 rings (SSSR count). The van der Waals surface area contributed by atoms with Crippen LogP contribution < -0.4 is 4.72 Å². The van der Waals surface area contributed by atoms with E-state index in [1.54, 1.807) is 4.72 Å². The van der Waals surface area contributed by atoms with E-state index in [4.69, 9.17) is 10.2 Å². The highest BCUT2D eigenvalue weighted by atomic mass is 32.2. The molecule has 3 N–H and O–H groups in total. The predicted molar refractivity (Wildman–Crippen MR) is 66.7 cm³/mol. The molecule has 0 fully saturated rings. The number of nitro groups is 1. The molecule has 0 aromatic heterocycles. The smallest absolute Gasteiger partial charge is 0.324 e. The van der Waals surface area contributed by atoms with Gasteiger partial charge in [-0.1, -0.05) is 0 Å². The monoisotopic (exact) mass is 304 g/mol. The SMILES string of the molecule is Cc1cc([N+](=O)[O-])ccc1S(=O)(=O)NC(CO)C(=O)O. The van der Waals surface area contributed by atoms with E-state index in [1.165, 1.54) is 6.92 Å². The fourth-order valence-electron chi connectivity index (χ4n) is 1.47. The lowest BCUT2D eigenvalue weighted by Gasteiger charge is -2.13. The Kier molecular flexibility index (Phi) is 4.76. The first-order chi connectivity index (χ1) is 9.19. The Bertz CT molecular complexity index is 641. The third kappa shape index (κ3) is 3.50. The molecular formula is C10H12N2O7S. The van der Waals surface area contributed by atoms with Crippen molar-refractivity contribution in [2.24, 2.45) is 0 Å². The van der Waals surface area contributed by atoms with E-state index in [9.17, 15) is 23.3 Å². The minimum absolute atomic E-state index is 0.0915. The summed E-state index contributed by atoms with van der Waals surface area (Å²) in [4.78, 5) is 20.3. The molecule has 20 heavy (non-hydrogen) atoms. The number of nitrogens with zero attached hydrogens (tertiary/aromatic N) is 1. The molecule has 0 heterocycles. The standard InChI is InChI=1S/C10H12N2O7S/c1-6-4-7(12(16)17)2-3-9(6)20(18,19)11-8(5-13)10(14)15/h2-4,8,11,13H,5H2,1H3,(H,14,15). The Morgan fingerprint density at radius 2 is 2.10 bits per heavy atom. The largest absolute Gasteiger partial charge is 0.480 e. The Hall–Kier alpha value is -2.04. The molecule has 0 aliphatic heterocycles. The van der Waals surface area contributed by atoms with Gasteiger partial charge in [-0.05, 0) is 18.6 Å². The Morgan fingerprint density at radius 3 is 2.50 bits per heavy atom. The summed E-state index contributed by atoms with van der Waals surface area (Å²) in [6.07, 6.45) is 0. The number of aliphatic carboxylic acids is 1. The number of hydrogen-bond donors (Lipinski definition) is 3. The zero-order valence-corrected chi connectivity index (χ0v) is 11.1. The van der Waals surface area contributed by atoms with Crippen LogP contribution in [0.15, 0.2) is 23.1 Å². The number of sulfonamides is 1. The highest BCUT2D eigenvalue weighted by Crippen LogP contribution is 2.21. The zero-order valence-electron chi connectivity index (χ0n) is 10.3. The van der Waals surface area contributed by atoms with Gasteiger partial charge in [0, 0.05) is 12.1 Å². The quantitative estimate of drug-likeness (QED) is 0.479. The number of aliphatic hydroxyl groups is 1. The van der Waals surface area contributed by atoms with E-state index in [0.717, 1.165) is 18.2 Å². The fourth-order valence-corrected chi connectivity index (χ4v) is 2.87. The van der Waals surface area contributed by atoms with Gasteiger partial charge < -0.3 is 10.2 Å². The maximum atomic E-state index is 12.0. The summed E-state index contributed by atoms with van der Waals surface area (Å²) < 4.78 is 25.7. The van der Waals surface area contributed by atoms with Gasteiger partial charge in [0.1, 0.15) is 6.04 Å². The highest BCUT2D eigenvalue weighted by Gasteiger charge is 2.26. The summed E-state index contributed by atoms with van der Waals surface area (Å²) in [6, 6.07) is 1.38. The van der Waals surface area contributed by atoms with Gasteiger partial charge in [-0.2, -0.15) is 4.72 Å². The molecule has 0 saturated heterocycles. The van der Waals surface area contributed by atoms with Gasteiger partial charge in [0.05, 0.1) is 16.4 Å². The molecule has 110 valence electrons. The number of rotatable bonds is 6. The van der Waals surface area contributed by atoms with Crippen LogP contribution in [0.5, 0.6) is 0 Å². The van der Waals surface area contributed by atoms with Crippen molar-refractivity contribution in [3.63, 3.8) is 0 Å². The Balaban J connectivity index is 3.16. The number of benzene rings is 1. The molecule has 1 atom stereocenters. The first-order valence-corrected chi connectivity index (χ1v) is 6.78. The summed E-state index contributed by atoms with van der Waals surface area (Å²) in [7, 11) is -4.20. The molecule has 0 amide bonds. The summed E-state index contributed by atoms with van der Waals surface area (Å²) >= 11 is 0. The van der Waals surface area contributed by atoms with Crippen molar-refractivity contribution in [1.29, 1.82) is 0 Å². The Morgan fingerprint density at radius 1 is 1.50 bits per heavy atom. The molecule has 1 unspecified atom stereocenters. The van der Waals surface area contributed by atoms with Gasteiger partial charge in [0.2, 0.25) is 10.0 Å². The normalized spacial score (nSPS) is 12.9. The second-order valence-electron chi connectivity index (χ2n) is 3.90. The molecular weight excluding hydrogens is 292 g/mol. The van der Waals surface area contributed by atoms with Crippen LogP contribution >= 0.6 is 0 Å². The molecule has 0 radical (unpaired) electrons. The average molecular weight is 304 g/mol. The molecule has 1 aromatic rings. The van der Waals surface area contributed by atoms with Gasteiger partial charge in [-0.15, -0.1) is 0 Å². The van der Waals surface area contributed by atoms with Crippen LogP contribution in [0.4, 0.5) is 5.69 Å². The second-order valence-corrected chi connectivity index (χ2v) is 5.58. The van der Waals surface area contributed by atoms with Crippen LogP contribution in [0.25, 0.3) is 0 Å². The summed E-state index contributed by atoms with van der Waals surface area (Å²) in [5.74, 6) is -1.53. The lowest BCUT2D eigenvalue weighted by molar-refractivity contribution is -0.385. The number of non-ortho nitro benzene ring substituents is 1. The first kappa shape index (κ1) is 16.0. The van der Waals surface area contributed by atoms with Crippen molar-refractivity contribution in [2.45, 2.75) is 17.9 Å². The van der Waals surface area contributed by atoms with E-state index in [2.05, 4.69) is 0 Å². The lowest BCUT2D eigenvalue weighted by Crippen LogP contribution is -2.43. The van der Waals surface area contributed by atoms with Crippen LogP contribution in [0, 0.1) is 17.0 Å². The minimum atomic E-state index is -4.20. The van der Waals surface area contributed by atoms with Crippen molar-refractivity contribution in [1.82, 2.24) is 4.72 Å². The Labute approximate surface area is 114 Å².